The maximum atomic E-state index is 14.9. The first-order valence-corrected chi connectivity index (χ1v) is 33.1. The first kappa shape index (κ1) is 73.4. The molecule has 0 aromatic rings. The van der Waals surface area contributed by atoms with Crippen molar-refractivity contribution in [2.45, 2.75) is 276 Å². The number of hydrogen-bond acceptors (Lipinski definition) is 32. The average Bonchev–Trinajstić information content (AvgIpc) is 0.784. The van der Waals surface area contributed by atoms with E-state index in [-0.39, 0.29) is 72.3 Å². The van der Waals surface area contributed by atoms with E-state index in [0.717, 1.165) is 32.1 Å². The second-order valence-electron chi connectivity index (χ2n) is 28.7. The number of ether oxygens (including phenoxy) is 14. The molecule has 11 rings (SSSR count). The van der Waals surface area contributed by atoms with E-state index in [9.17, 15) is 91.6 Å². The number of ketones is 1. The van der Waals surface area contributed by atoms with E-state index in [2.05, 4.69) is 27.4 Å². The normalized spacial score (nSPS) is 54.6. The number of aliphatic hydroxyl groups excluding tert-OH is 17. The Kier molecular flexibility index (Phi) is 22.8. The monoisotopic (exact) mass is 1360 g/mol. The van der Waals surface area contributed by atoms with Crippen LogP contribution in [0.3, 0.4) is 0 Å². The van der Waals surface area contributed by atoms with Gasteiger partial charge in [-0.25, -0.2) is 0 Å². The van der Waals surface area contributed by atoms with Gasteiger partial charge in [-0.1, -0.05) is 32.9 Å². The summed E-state index contributed by atoms with van der Waals surface area (Å²) >= 11 is 0. The molecule has 0 spiro atoms. The van der Waals surface area contributed by atoms with Crippen LogP contribution in [-0.4, -0.2) is 329 Å². The molecule has 39 atom stereocenters. The van der Waals surface area contributed by atoms with Crippen molar-refractivity contribution in [2.24, 2.45) is 46.3 Å². The molecule has 7 saturated heterocycles. The second-order valence-corrected chi connectivity index (χ2v) is 28.7. The molecule has 540 valence electrons. The van der Waals surface area contributed by atoms with Gasteiger partial charge in [-0.05, 0) is 92.3 Å². The molecule has 11 fully saturated rings. The van der Waals surface area contributed by atoms with Crippen LogP contribution in [0.25, 0.3) is 0 Å². The molecular weight excluding hydrogens is 1260 g/mol. The Morgan fingerprint density at radius 3 is 1.73 bits per heavy atom. The van der Waals surface area contributed by atoms with Gasteiger partial charge < -0.3 is 153 Å². The van der Waals surface area contributed by atoms with Crippen LogP contribution in [0, 0.1) is 46.3 Å². The van der Waals surface area contributed by atoms with Gasteiger partial charge in [0.2, 0.25) is 0 Å². The SMILES string of the molecule is C=C(CC[C@@]1(OC)OC2C[C@H]3[C@@H]4CC[C@H]5CC(O[C@@H]6O[C@H](CO)[C@H](O[C@@H]7O[C@H](CO)[C@@H](O)[C@H](O[C@@H]8OC[C@@H](O)[C@H](O)[C@H]8O)[C@H]7O[C@@H]7OC[C@H](O)[C@H](O)[C@H]7O)[C@H](O)[C@H]6O[C@@H]6O[C@@H](C)[C@H](O)[C@@H](O)[C@H]6O)C(=O)C[C@]5(C)[C@H]4CC[C@]3(C)C2[C@@H]1C)CO[C@@H]1O[C@H](CO)[C@@H](O)[C@H](O)[C@H]1O. The van der Waals surface area contributed by atoms with Crippen molar-refractivity contribution >= 4 is 5.78 Å². The van der Waals surface area contributed by atoms with Crippen LogP contribution in [0.1, 0.15) is 85.5 Å². The van der Waals surface area contributed by atoms with Gasteiger partial charge in [0.05, 0.1) is 51.8 Å². The summed E-state index contributed by atoms with van der Waals surface area (Å²) in [6.45, 7) is 8.58. The van der Waals surface area contributed by atoms with Crippen LogP contribution in [0.5, 0.6) is 0 Å². The Bertz CT molecular complexity index is 2540. The lowest BCUT2D eigenvalue weighted by molar-refractivity contribution is -0.407. The summed E-state index contributed by atoms with van der Waals surface area (Å²) in [5.41, 5.74) is 0.0412. The van der Waals surface area contributed by atoms with E-state index in [4.69, 9.17) is 66.3 Å². The zero-order chi connectivity index (χ0) is 67.9. The molecule has 0 aromatic heterocycles. The number of fused-ring (bicyclic) bond motifs is 7. The minimum atomic E-state index is -2.07. The summed E-state index contributed by atoms with van der Waals surface area (Å²) in [5, 5.41) is 183. The van der Waals surface area contributed by atoms with Gasteiger partial charge in [-0.2, -0.15) is 0 Å². The first-order chi connectivity index (χ1) is 44.5. The Morgan fingerprint density at radius 2 is 1.10 bits per heavy atom. The lowest BCUT2D eigenvalue weighted by atomic mass is 9.44. The number of carbonyl (C=O) groups excluding carboxylic acids is 1. The van der Waals surface area contributed by atoms with Crippen LogP contribution in [0.15, 0.2) is 12.2 Å². The van der Waals surface area contributed by atoms with Crippen molar-refractivity contribution < 1.29 is 158 Å². The second kappa shape index (κ2) is 29.3. The van der Waals surface area contributed by atoms with Gasteiger partial charge in [0.1, 0.15) is 134 Å². The Labute approximate surface area is 543 Å². The predicted octanol–water partition coefficient (Wildman–Crippen LogP) is -6.25. The molecule has 0 radical (unpaired) electrons. The number of Topliss-reactive ketones (excluding diaryl/α,β-unsaturated/α-hetero) is 1. The summed E-state index contributed by atoms with van der Waals surface area (Å²) in [7, 11) is 1.64. The molecule has 11 aliphatic rings. The highest BCUT2D eigenvalue weighted by atomic mass is 16.8. The van der Waals surface area contributed by atoms with Crippen LogP contribution < -0.4 is 0 Å². The number of methoxy groups -OCH3 is 1. The minimum absolute atomic E-state index is 0.0380. The molecule has 32 heteroatoms. The van der Waals surface area contributed by atoms with Crippen LogP contribution in [-0.2, 0) is 71.1 Å². The molecule has 7 heterocycles. The summed E-state index contributed by atoms with van der Waals surface area (Å²) in [5.74, 6) is -0.510. The van der Waals surface area contributed by atoms with Gasteiger partial charge in [0.25, 0.3) is 0 Å². The maximum Gasteiger partial charge on any atom is 0.187 e. The standard InChI is InChI=1S/C62H100O32/c1-22(19-82-54-47(78)44(75)41(72)34(16-63)87-54)9-12-62(81-6)23(2)37-33(94-62)14-28-26-8-7-25-13-32(29(66)15-61(25,5)27(26)10-11-60(28,37)4)86-58-52(92-57-48(79)43(74)38(69)24(3)85-57)49(80)50(36(18-65)89-58)90-59-53(93-56-46(77)40(71)31(68)21-84-56)51(42(73)35(17-64)88-59)91-55-45(76)39(70)30(67)20-83-55/h23-28,30-59,63-65,67-80H,1,7-21H2,2-6H3/t23-,24-,25-,26+,27-,28-,30+,31-,32?,33?,34+,35+,36+,37?,38-,39-,40-,41+,42+,43+,44-,45+,46+,47+,48+,49-,50-,51-,52+,53+,54+,55-,56-,57-,58+,59-,60-,61-,62+/m0/s1. The summed E-state index contributed by atoms with van der Waals surface area (Å²) in [4.78, 5) is 14.9. The van der Waals surface area contributed by atoms with Crippen molar-refractivity contribution in [2.75, 3.05) is 46.8 Å². The third-order valence-electron chi connectivity index (χ3n) is 23.4. The fraction of sp³-hybridized carbons (Fsp3) is 0.952. The van der Waals surface area contributed by atoms with Crippen molar-refractivity contribution in [3.8, 4) is 0 Å². The van der Waals surface area contributed by atoms with Gasteiger partial charge in [-0.3, -0.25) is 4.79 Å². The van der Waals surface area contributed by atoms with E-state index in [1.54, 1.807) is 7.11 Å². The quantitative estimate of drug-likeness (QED) is 0.0398. The number of aliphatic hydroxyl groups is 17. The molecule has 94 heavy (non-hydrogen) atoms. The molecule has 17 N–H and O–H groups in total. The van der Waals surface area contributed by atoms with Crippen LogP contribution >= 0.6 is 0 Å². The predicted molar refractivity (Wildman–Crippen MR) is 309 cm³/mol. The Morgan fingerprint density at radius 1 is 0.543 bits per heavy atom. The number of carbonyl (C=O) groups is 1. The third-order valence-corrected chi connectivity index (χ3v) is 23.4. The van der Waals surface area contributed by atoms with E-state index < -0.39 is 222 Å². The molecule has 4 saturated carbocycles. The fourth-order valence-electron chi connectivity index (χ4n) is 18.0. The Balaban J connectivity index is 0.789. The van der Waals surface area contributed by atoms with Crippen LogP contribution in [0.2, 0.25) is 0 Å². The number of hydrogen-bond donors (Lipinski definition) is 17. The Hall–Kier alpha value is -1.83. The molecular formula is C62H100O32. The zero-order valence-corrected chi connectivity index (χ0v) is 53.3. The highest BCUT2D eigenvalue weighted by Gasteiger charge is 2.70. The van der Waals surface area contributed by atoms with Gasteiger partial charge >= 0.3 is 0 Å². The van der Waals surface area contributed by atoms with Crippen molar-refractivity contribution in [3.05, 3.63) is 12.2 Å². The molecule has 0 bridgehead atoms. The highest BCUT2D eigenvalue weighted by molar-refractivity contribution is 5.84. The molecule has 7 aliphatic heterocycles. The largest absolute Gasteiger partial charge is 0.394 e. The van der Waals surface area contributed by atoms with E-state index in [0.29, 0.717) is 18.4 Å². The van der Waals surface area contributed by atoms with Crippen molar-refractivity contribution in [3.63, 3.8) is 0 Å². The van der Waals surface area contributed by atoms with E-state index in [1.165, 1.54) is 6.92 Å². The molecule has 3 unspecified atom stereocenters. The fourth-order valence-corrected chi connectivity index (χ4v) is 18.0. The van der Waals surface area contributed by atoms with Crippen molar-refractivity contribution in [1.29, 1.82) is 0 Å². The average molecular weight is 1360 g/mol. The third kappa shape index (κ3) is 13.4. The van der Waals surface area contributed by atoms with E-state index >= 15 is 0 Å². The summed E-state index contributed by atoms with van der Waals surface area (Å²) in [6.07, 6.45) is -44.5. The lowest BCUT2D eigenvalue weighted by Gasteiger charge is -2.61. The topological polar surface area (TPSA) is 490 Å². The van der Waals surface area contributed by atoms with E-state index in [1.807, 2.05) is 0 Å². The highest BCUT2D eigenvalue weighted by Crippen LogP contribution is 2.71. The van der Waals surface area contributed by atoms with Gasteiger partial charge in [0, 0.05) is 25.9 Å². The zero-order valence-electron chi connectivity index (χ0n) is 53.3. The summed E-state index contributed by atoms with van der Waals surface area (Å²) < 4.78 is 85.3. The molecule has 32 nitrogen and oxygen atoms in total. The van der Waals surface area contributed by atoms with Gasteiger partial charge in [-0.15, -0.1) is 0 Å². The molecule has 0 amide bonds. The molecule has 0 aromatic carbocycles. The summed E-state index contributed by atoms with van der Waals surface area (Å²) in [6, 6.07) is 0. The smallest absolute Gasteiger partial charge is 0.187 e. The lowest BCUT2D eigenvalue weighted by Crippen LogP contribution is -2.69. The molecule has 4 aliphatic carbocycles. The minimum Gasteiger partial charge on any atom is -0.394 e. The number of rotatable bonds is 20. The van der Waals surface area contributed by atoms with Crippen molar-refractivity contribution in [1.82, 2.24) is 0 Å². The van der Waals surface area contributed by atoms with Crippen LogP contribution in [0.4, 0.5) is 0 Å². The maximum absolute atomic E-state index is 14.9. The van der Waals surface area contributed by atoms with Gasteiger partial charge in [0.15, 0.2) is 49.3 Å². The first-order valence-electron chi connectivity index (χ1n) is 33.1.